The Bertz CT molecular complexity index is 1230. The van der Waals surface area contributed by atoms with Crippen molar-refractivity contribution in [3.05, 3.63) is 24.3 Å². The number of rotatable bonds is 64. The van der Waals surface area contributed by atoms with E-state index < -0.39 is 6.10 Å². The first-order valence-corrected chi connectivity index (χ1v) is 34.3. The Morgan fingerprint density at radius 3 is 0.724 bits per heavy atom. The lowest BCUT2D eigenvalue weighted by Gasteiger charge is -2.18. The number of unbranched alkanes of at least 4 members (excludes halogenated alkanes) is 49. The Morgan fingerprint density at radius 1 is 0.263 bits per heavy atom. The Balaban J connectivity index is 4.14. The predicted octanol–water partition coefficient (Wildman–Crippen LogP) is 23.4. The fourth-order valence-corrected chi connectivity index (χ4v) is 10.5. The van der Waals surface area contributed by atoms with E-state index in [9.17, 15) is 14.4 Å². The summed E-state index contributed by atoms with van der Waals surface area (Å²) >= 11 is 0. The van der Waals surface area contributed by atoms with E-state index in [1.54, 1.807) is 0 Å². The minimum absolute atomic E-state index is 0.0635. The molecule has 0 aromatic rings. The van der Waals surface area contributed by atoms with Crippen LogP contribution in [-0.4, -0.2) is 37.2 Å². The monoisotopic (exact) mass is 1070 g/mol. The molecule has 0 aromatic heterocycles. The third-order valence-electron chi connectivity index (χ3n) is 15.7. The van der Waals surface area contributed by atoms with Gasteiger partial charge in [-0.1, -0.05) is 340 Å². The largest absolute Gasteiger partial charge is 0.462 e. The summed E-state index contributed by atoms with van der Waals surface area (Å²) in [5, 5.41) is 0. The smallest absolute Gasteiger partial charge is 0.306 e. The highest BCUT2D eigenvalue weighted by Crippen LogP contribution is 2.18. The molecule has 0 heterocycles. The molecule has 0 amide bonds. The van der Waals surface area contributed by atoms with Crippen molar-refractivity contribution in [2.24, 2.45) is 0 Å². The minimum atomic E-state index is -0.765. The molecule has 0 saturated heterocycles. The summed E-state index contributed by atoms with van der Waals surface area (Å²) in [6.07, 6.45) is 79.2. The zero-order valence-electron chi connectivity index (χ0n) is 51.6. The van der Waals surface area contributed by atoms with Crippen LogP contribution in [0.3, 0.4) is 0 Å². The van der Waals surface area contributed by atoms with Crippen molar-refractivity contribution in [1.29, 1.82) is 0 Å². The SMILES string of the molecule is CCCCCCC/C=C\C/C=C\CCCCCCCCCCCCCCCCCCCC(=O)OCC(COC(=O)CCCCCCCCCCCCCC)OC(=O)CCCCCCCCCCCCCCCCCCC. The highest BCUT2D eigenvalue weighted by atomic mass is 16.6. The highest BCUT2D eigenvalue weighted by Gasteiger charge is 2.19. The van der Waals surface area contributed by atoms with Crippen LogP contribution >= 0.6 is 0 Å². The van der Waals surface area contributed by atoms with Crippen molar-refractivity contribution in [2.45, 2.75) is 393 Å². The van der Waals surface area contributed by atoms with Gasteiger partial charge >= 0.3 is 17.9 Å². The average Bonchev–Trinajstić information content (AvgIpc) is 3.42. The molecule has 0 radical (unpaired) electrons. The van der Waals surface area contributed by atoms with Gasteiger partial charge in [0.05, 0.1) is 0 Å². The van der Waals surface area contributed by atoms with Gasteiger partial charge in [0.2, 0.25) is 0 Å². The van der Waals surface area contributed by atoms with E-state index in [1.807, 2.05) is 0 Å². The maximum atomic E-state index is 12.9. The van der Waals surface area contributed by atoms with Crippen molar-refractivity contribution in [2.75, 3.05) is 13.2 Å². The van der Waals surface area contributed by atoms with E-state index >= 15 is 0 Å². The number of carbonyl (C=O) groups is 3. The molecule has 0 aromatic carbocycles. The van der Waals surface area contributed by atoms with Gasteiger partial charge in [0, 0.05) is 19.3 Å². The summed E-state index contributed by atoms with van der Waals surface area (Å²) in [7, 11) is 0. The predicted molar refractivity (Wildman–Crippen MR) is 330 cm³/mol. The van der Waals surface area contributed by atoms with Gasteiger partial charge in [-0.05, 0) is 51.4 Å². The standard InChI is InChI=1S/C70H132O6/c1-4-7-10-13-16-19-22-25-27-29-30-31-32-33-34-35-36-37-38-39-40-42-43-45-48-51-54-57-60-63-69(72)75-66-67(65-74-68(71)62-59-56-53-50-47-24-21-18-15-12-9-6-3)76-70(73)64-61-58-55-52-49-46-44-41-28-26-23-20-17-14-11-8-5-2/h22,25,29-30,67H,4-21,23-24,26-28,31-66H2,1-3H3/b25-22-,30-29-. The number of carbonyl (C=O) groups excluding carboxylic acids is 3. The van der Waals surface area contributed by atoms with Crippen LogP contribution in [0.5, 0.6) is 0 Å². The molecule has 0 fully saturated rings. The fraction of sp³-hybridized carbons (Fsp3) is 0.900. The third kappa shape index (κ3) is 62.7. The lowest BCUT2D eigenvalue weighted by atomic mass is 10.0. The van der Waals surface area contributed by atoms with Gasteiger partial charge < -0.3 is 14.2 Å². The summed E-state index contributed by atoms with van der Waals surface area (Å²) in [5.74, 6) is -0.832. The lowest BCUT2D eigenvalue weighted by Crippen LogP contribution is -2.30. The van der Waals surface area contributed by atoms with Crippen molar-refractivity contribution in [3.63, 3.8) is 0 Å². The molecule has 0 saturated carbocycles. The first kappa shape index (κ1) is 73.9. The molecule has 0 N–H and O–H groups in total. The summed E-state index contributed by atoms with van der Waals surface area (Å²) in [6, 6.07) is 0. The highest BCUT2D eigenvalue weighted by molar-refractivity contribution is 5.71. The number of hydrogen-bond acceptors (Lipinski definition) is 6. The summed E-state index contributed by atoms with van der Waals surface area (Å²) in [6.45, 7) is 6.70. The van der Waals surface area contributed by atoms with Crippen LogP contribution < -0.4 is 0 Å². The second kappa shape index (κ2) is 65.4. The van der Waals surface area contributed by atoms with Crippen LogP contribution in [0.4, 0.5) is 0 Å². The van der Waals surface area contributed by atoms with Crippen LogP contribution in [-0.2, 0) is 28.6 Å². The molecule has 0 aliphatic carbocycles. The van der Waals surface area contributed by atoms with E-state index in [0.29, 0.717) is 19.3 Å². The van der Waals surface area contributed by atoms with Crippen molar-refractivity contribution in [1.82, 2.24) is 0 Å². The van der Waals surface area contributed by atoms with Crippen LogP contribution in [0, 0.1) is 0 Å². The normalized spacial score (nSPS) is 12.1. The van der Waals surface area contributed by atoms with Gasteiger partial charge in [-0.15, -0.1) is 0 Å². The molecular weight excluding hydrogens is 937 g/mol. The third-order valence-corrected chi connectivity index (χ3v) is 15.7. The second-order valence-corrected chi connectivity index (χ2v) is 23.5. The van der Waals surface area contributed by atoms with Gasteiger partial charge in [0.25, 0.3) is 0 Å². The number of allylic oxidation sites excluding steroid dienone is 4. The molecule has 448 valence electrons. The van der Waals surface area contributed by atoms with E-state index in [1.165, 1.54) is 283 Å². The quantitative estimate of drug-likeness (QED) is 0.0261. The van der Waals surface area contributed by atoms with Gasteiger partial charge in [0.1, 0.15) is 13.2 Å². The van der Waals surface area contributed by atoms with Crippen molar-refractivity contribution < 1.29 is 28.6 Å². The summed E-state index contributed by atoms with van der Waals surface area (Å²) < 4.78 is 17.0. The molecule has 6 heteroatoms. The molecule has 0 bridgehead atoms. The summed E-state index contributed by atoms with van der Waals surface area (Å²) in [4.78, 5) is 38.3. The Labute approximate surface area is 474 Å². The molecule has 1 unspecified atom stereocenters. The summed E-state index contributed by atoms with van der Waals surface area (Å²) in [5.41, 5.74) is 0. The van der Waals surface area contributed by atoms with Crippen LogP contribution in [0.1, 0.15) is 387 Å². The second-order valence-electron chi connectivity index (χ2n) is 23.5. The van der Waals surface area contributed by atoms with E-state index in [2.05, 4.69) is 45.1 Å². The molecule has 0 aliphatic heterocycles. The molecule has 76 heavy (non-hydrogen) atoms. The van der Waals surface area contributed by atoms with Gasteiger partial charge in [-0.25, -0.2) is 0 Å². The fourth-order valence-electron chi connectivity index (χ4n) is 10.5. The van der Waals surface area contributed by atoms with Gasteiger partial charge in [-0.2, -0.15) is 0 Å². The first-order chi connectivity index (χ1) is 37.5. The zero-order valence-corrected chi connectivity index (χ0v) is 51.6. The van der Waals surface area contributed by atoms with E-state index in [4.69, 9.17) is 14.2 Å². The zero-order chi connectivity index (χ0) is 55.0. The maximum Gasteiger partial charge on any atom is 0.306 e. The van der Waals surface area contributed by atoms with Gasteiger partial charge in [0.15, 0.2) is 6.10 Å². The van der Waals surface area contributed by atoms with E-state index in [0.717, 1.165) is 64.2 Å². The topological polar surface area (TPSA) is 78.9 Å². The first-order valence-electron chi connectivity index (χ1n) is 34.3. The molecular formula is C70H132O6. The molecule has 1 atom stereocenters. The molecule has 0 rings (SSSR count). The number of ether oxygens (including phenoxy) is 3. The Hall–Kier alpha value is -2.11. The number of hydrogen-bond donors (Lipinski definition) is 0. The minimum Gasteiger partial charge on any atom is -0.462 e. The molecule has 6 nitrogen and oxygen atoms in total. The Morgan fingerprint density at radius 2 is 0.474 bits per heavy atom. The van der Waals surface area contributed by atoms with E-state index in [-0.39, 0.29) is 31.1 Å². The van der Waals surface area contributed by atoms with Crippen molar-refractivity contribution in [3.8, 4) is 0 Å². The molecule has 0 aliphatic rings. The number of esters is 3. The Kier molecular flexibility index (Phi) is 63.6. The molecule has 0 spiro atoms. The maximum absolute atomic E-state index is 12.9. The van der Waals surface area contributed by atoms with Crippen molar-refractivity contribution >= 4 is 17.9 Å². The van der Waals surface area contributed by atoms with Crippen LogP contribution in [0.15, 0.2) is 24.3 Å². The average molecular weight is 1070 g/mol. The van der Waals surface area contributed by atoms with Crippen LogP contribution in [0.2, 0.25) is 0 Å². The van der Waals surface area contributed by atoms with Gasteiger partial charge in [-0.3, -0.25) is 14.4 Å². The van der Waals surface area contributed by atoms with Crippen LogP contribution in [0.25, 0.3) is 0 Å². The lowest BCUT2D eigenvalue weighted by molar-refractivity contribution is -0.167.